The lowest BCUT2D eigenvalue weighted by atomic mass is 10.3. The molecule has 0 amide bonds. The molecular weight excluding hydrogens is 176 g/mol. The minimum Gasteiger partial charge on any atom is -0.329 e. The van der Waals surface area contributed by atoms with Crippen molar-refractivity contribution in [3.63, 3.8) is 0 Å². The van der Waals surface area contributed by atoms with E-state index in [4.69, 9.17) is 4.74 Å². The number of hydrogen-bond acceptors (Lipinski definition) is 1. The topological polar surface area (TPSA) is 9.23 Å². The second kappa shape index (κ2) is 4.60. The Balaban J connectivity index is 4.01. The highest BCUT2D eigenvalue weighted by molar-refractivity contribution is 4.47. The molecule has 0 rings (SSSR count). The summed E-state index contributed by atoms with van der Waals surface area (Å²) in [5.41, 5.74) is 0. The van der Waals surface area contributed by atoms with Crippen molar-refractivity contribution >= 4 is 0 Å². The van der Waals surface area contributed by atoms with Crippen LogP contribution in [0, 0.1) is 0 Å². The van der Waals surface area contributed by atoms with Gasteiger partial charge in [0.25, 0.3) is 0 Å². The van der Waals surface area contributed by atoms with Gasteiger partial charge in [-0.2, -0.15) is 0 Å². The van der Waals surface area contributed by atoms with Crippen LogP contribution in [0.25, 0.3) is 0 Å². The fourth-order valence-electron chi connectivity index (χ4n) is 1.33. The van der Waals surface area contributed by atoms with E-state index in [2.05, 4.69) is 56.1 Å². The van der Waals surface area contributed by atoms with Crippen LogP contribution in [0.15, 0.2) is 0 Å². The summed E-state index contributed by atoms with van der Waals surface area (Å²) in [5.74, 6) is 0. The summed E-state index contributed by atoms with van der Waals surface area (Å²) in [6.07, 6.45) is 0.555. The highest BCUT2D eigenvalue weighted by Gasteiger charge is 2.23. The number of ether oxygens (including phenoxy) is 1. The molecule has 14 heavy (non-hydrogen) atoms. The fourth-order valence-corrected chi connectivity index (χ4v) is 1.33. The molecule has 0 aliphatic heterocycles. The Morgan fingerprint density at radius 3 is 1.64 bits per heavy atom. The van der Waals surface area contributed by atoms with Crippen molar-refractivity contribution in [2.45, 2.75) is 26.2 Å². The second-order valence-corrected chi connectivity index (χ2v) is 6.14. The average Bonchev–Trinajstić information content (AvgIpc) is 1.79. The molecule has 0 aromatic rings. The van der Waals surface area contributed by atoms with Gasteiger partial charge in [0.1, 0.15) is 12.6 Å². The minimum absolute atomic E-state index is 0.247. The molecule has 3 nitrogen and oxygen atoms in total. The normalized spacial score (nSPS) is 18.0. The van der Waals surface area contributed by atoms with Gasteiger partial charge >= 0.3 is 0 Å². The Kier molecular flexibility index (Phi) is 4.56. The molecule has 0 aliphatic rings. The predicted molar refractivity (Wildman–Crippen MR) is 60.9 cm³/mol. The first-order valence-electron chi connectivity index (χ1n) is 5.29. The van der Waals surface area contributed by atoms with Gasteiger partial charge in [-0.25, -0.2) is 0 Å². The summed E-state index contributed by atoms with van der Waals surface area (Å²) < 4.78 is 7.75. The second-order valence-electron chi connectivity index (χ2n) is 6.14. The molecule has 86 valence electrons. The van der Waals surface area contributed by atoms with E-state index >= 15 is 0 Å². The van der Waals surface area contributed by atoms with Crippen LogP contribution < -0.4 is 0 Å². The van der Waals surface area contributed by atoms with E-state index in [1.165, 1.54) is 0 Å². The van der Waals surface area contributed by atoms with Crippen LogP contribution in [-0.4, -0.2) is 70.1 Å². The van der Waals surface area contributed by atoms with Gasteiger partial charge in [0, 0.05) is 6.92 Å². The molecule has 0 fully saturated rings. The maximum Gasteiger partial charge on any atom is 0.190 e. The molecule has 0 bridgehead atoms. The third kappa shape index (κ3) is 6.35. The lowest BCUT2D eigenvalue weighted by Gasteiger charge is -2.34. The molecule has 0 aromatic carbocycles. The molecule has 0 spiro atoms. The molecule has 3 heteroatoms. The molecule has 0 saturated heterocycles. The first-order chi connectivity index (χ1) is 6.02. The monoisotopic (exact) mass is 204 g/mol. The lowest BCUT2D eigenvalue weighted by Crippen LogP contribution is -2.49. The van der Waals surface area contributed by atoms with Crippen molar-refractivity contribution in [3.8, 4) is 0 Å². The maximum atomic E-state index is 5.95. The van der Waals surface area contributed by atoms with E-state index in [1.807, 2.05) is 0 Å². The third-order valence-electron chi connectivity index (χ3n) is 2.32. The van der Waals surface area contributed by atoms with E-state index in [9.17, 15) is 0 Å². The summed E-state index contributed by atoms with van der Waals surface area (Å²) in [7, 11) is 13.0. The zero-order valence-electron chi connectivity index (χ0n) is 11.2. The van der Waals surface area contributed by atoms with Crippen molar-refractivity contribution in [1.82, 2.24) is 0 Å². The van der Waals surface area contributed by atoms with Gasteiger partial charge in [0.2, 0.25) is 0 Å². The minimum atomic E-state index is 0.247. The van der Waals surface area contributed by atoms with Crippen LogP contribution in [0.4, 0.5) is 0 Å². The Hall–Kier alpha value is -0.120. The van der Waals surface area contributed by atoms with Crippen molar-refractivity contribution in [3.05, 3.63) is 0 Å². The zero-order valence-corrected chi connectivity index (χ0v) is 11.2. The van der Waals surface area contributed by atoms with E-state index in [1.54, 1.807) is 0 Å². The van der Waals surface area contributed by atoms with E-state index in [0.717, 1.165) is 15.5 Å². The van der Waals surface area contributed by atoms with Crippen molar-refractivity contribution < 1.29 is 13.7 Å². The highest BCUT2D eigenvalue weighted by atomic mass is 16.5. The van der Waals surface area contributed by atoms with Gasteiger partial charge in [0.05, 0.1) is 42.3 Å². The van der Waals surface area contributed by atoms with Gasteiger partial charge in [-0.1, -0.05) is 0 Å². The Morgan fingerprint density at radius 1 is 0.929 bits per heavy atom. The predicted octanol–water partition coefficient (Wildman–Crippen LogP) is 1.15. The van der Waals surface area contributed by atoms with Crippen molar-refractivity contribution in [1.29, 1.82) is 0 Å². The molecule has 0 saturated carbocycles. The number of likely N-dealkylation sites (N-methyl/N-ethyl adjacent to an activating group) is 1. The standard InChI is InChI=1S/C11H28N2O/c1-10(9-12(3,4)5)14-11(2)13(6,7)8/h10-11H,9H2,1-8H3/q+2. The van der Waals surface area contributed by atoms with Gasteiger partial charge < -0.3 is 13.7 Å². The van der Waals surface area contributed by atoms with E-state index < -0.39 is 0 Å². The lowest BCUT2D eigenvalue weighted by molar-refractivity contribution is -0.922. The molecule has 0 heterocycles. The molecule has 0 aromatic heterocycles. The third-order valence-corrected chi connectivity index (χ3v) is 2.32. The Labute approximate surface area is 89.4 Å². The molecule has 0 aliphatic carbocycles. The van der Waals surface area contributed by atoms with E-state index in [0.29, 0.717) is 6.10 Å². The molecule has 2 atom stereocenters. The largest absolute Gasteiger partial charge is 0.329 e. The Morgan fingerprint density at radius 2 is 1.36 bits per heavy atom. The summed E-state index contributed by atoms with van der Waals surface area (Å²) >= 11 is 0. The van der Waals surface area contributed by atoms with Gasteiger partial charge in [-0.05, 0) is 6.92 Å². The summed E-state index contributed by atoms with van der Waals surface area (Å²) in [4.78, 5) is 0. The van der Waals surface area contributed by atoms with Crippen LogP contribution >= 0.6 is 0 Å². The zero-order chi connectivity index (χ0) is 11.6. The van der Waals surface area contributed by atoms with Crippen LogP contribution in [0.3, 0.4) is 0 Å². The summed E-state index contributed by atoms with van der Waals surface area (Å²) in [5, 5.41) is 0. The van der Waals surface area contributed by atoms with Crippen LogP contribution in [0.1, 0.15) is 13.8 Å². The van der Waals surface area contributed by atoms with Crippen molar-refractivity contribution in [2.24, 2.45) is 0 Å². The summed E-state index contributed by atoms with van der Waals surface area (Å²) in [6.45, 7) is 5.33. The van der Waals surface area contributed by atoms with Gasteiger partial charge in [0.15, 0.2) is 6.23 Å². The van der Waals surface area contributed by atoms with Crippen LogP contribution in [0.5, 0.6) is 0 Å². The number of hydrogen-bond donors (Lipinski definition) is 0. The number of quaternary nitrogens is 2. The van der Waals surface area contributed by atoms with Gasteiger partial charge in [-0.15, -0.1) is 0 Å². The molecular formula is C11H28N2O+2. The SMILES string of the molecule is CC(C[N+](C)(C)C)OC(C)[N+](C)(C)C. The van der Waals surface area contributed by atoms with Crippen LogP contribution in [-0.2, 0) is 4.74 Å². The average molecular weight is 204 g/mol. The number of nitrogens with zero attached hydrogens (tertiary/aromatic N) is 2. The molecule has 2 unspecified atom stereocenters. The quantitative estimate of drug-likeness (QED) is 0.482. The first-order valence-corrected chi connectivity index (χ1v) is 5.29. The van der Waals surface area contributed by atoms with Crippen LogP contribution in [0.2, 0.25) is 0 Å². The summed E-state index contributed by atoms with van der Waals surface area (Å²) in [6, 6.07) is 0. The van der Waals surface area contributed by atoms with Crippen molar-refractivity contribution in [2.75, 3.05) is 48.8 Å². The first kappa shape index (κ1) is 13.9. The fraction of sp³-hybridized carbons (Fsp3) is 1.00. The van der Waals surface area contributed by atoms with E-state index in [-0.39, 0.29) is 6.23 Å². The number of rotatable bonds is 5. The van der Waals surface area contributed by atoms with Gasteiger partial charge in [-0.3, -0.25) is 0 Å². The molecule has 0 N–H and O–H groups in total. The smallest absolute Gasteiger partial charge is 0.190 e. The molecule has 0 radical (unpaired) electrons. The Bertz CT molecular complexity index is 167. The maximum absolute atomic E-state index is 5.95. The highest BCUT2D eigenvalue weighted by Crippen LogP contribution is 2.08.